The summed E-state index contributed by atoms with van der Waals surface area (Å²) in [6, 6.07) is 0. The number of rotatable bonds is 6. The second kappa shape index (κ2) is 6.01. The van der Waals surface area contributed by atoms with E-state index in [-0.39, 0.29) is 0 Å². The van der Waals surface area contributed by atoms with Crippen LogP contribution in [0.25, 0.3) is 0 Å². The molecule has 0 atom stereocenters. The summed E-state index contributed by atoms with van der Waals surface area (Å²) in [5.74, 6) is 0. The van der Waals surface area contributed by atoms with Gasteiger partial charge in [-0.2, -0.15) is 5.10 Å². The summed E-state index contributed by atoms with van der Waals surface area (Å²) >= 11 is 0. The number of hydrogen-bond donors (Lipinski definition) is 1. The van der Waals surface area contributed by atoms with Gasteiger partial charge in [0.25, 0.3) is 0 Å². The Labute approximate surface area is 98.6 Å². The summed E-state index contributed by atoms with van der Waals surface area (Å²) in [7, 11) is 6.16. The summed E-state index contributed by atoms with van der Waals surface area (Å²) in [6.45, 7) is 7.46. The molecule has 1 aromatic heterocycles. The Morgan fingerprint density at radius 3 is 2.50 bits per heavy atom. The summed E-state index contributed by atoms with van der Waals surface area (Å²) in [4.78, 5) is 2.35. The molecule has 0 saturated heterocycles. The fraction of sp³-hybridized carbons (Fsp3) is 0.750. The first-order valence-corrected chi connectivity index (χ1v) is 5.88. The lowest BCUT2D eigenvalue weighted by Crippen LogP contribution is -2.29. The van der Waals surface area contributed by atoms with Crippen molar-refractivity contribution in [1.29, 1.82) is 0 Å². The van der Waals surface area contributed by atoms with E-state index >= 15 is 0 Å². The molecule has 4 nitrogen and oxygen atoms in total. The van der Waals surface area contributed by atoms with E-state index in [9.17, 15) is 0 Å². The molecule has 0 fully saturated rings. The van der Waals surface area contributed by atoms with Crippen LogP contribution in [0.3, 0.4) is 0 Å². The topological polar surface area (TPSA) is 33.1 Å². The van der Waals surface area contributed by atoms with Gasteiger partial charge >= 0.3 is 0 Å². The highest BCUT2D eigenvalue weighted by molar-refractivity contribution is 5.24. The van der Waals surface area contributed by atoms with Crippen LogP contribution in [0, 0.1) is 13.8 Å². The maximum atomic E-state index is 4.44. The van der Waals surface area contributed by atoms with Crippen molar-refractivity contribution < 1.29 is 0 Å². The summed E-state index contributed by atoms with van der Waals surface area (Å²) in [5.41, 5.74) is 3.86. The van der Waals surface area contributed by atoms with E-state index in [0.29, 0.717) is 0 Å². The van der Waals surface area contributed by atoms with Crippen LogP contribution in [0.2, 0.25) is 0 Å². The summed E-state index contributed by atoms with van der Waals surface area (Å²) < 4.78 is 1.97. The minimum atomic E-state index is 1.04. The summed E-state index contributed by atoms with van der Waals surface area (Å²) in [6.07, 6.45) is 1.09. The molecule has 1 rings (SSSR count). The molecule has 4 heteroatoms. The van der Waals surface area contributed by atoms with Crippen LogP contribution in [0.5, 0.6) is 0 Å². The first-order chi connectivity index (χ1) is 7.56. The van der Waals surface area contributed by atoms with E-state index in [4.69, 9.17) is 0 Å². The molecule has 0 aliphatic carbocycles. The van der Waals surface area contributed by atoms with Gasteiger partial charge in [0.2, 0.25) is 0 Å². The lowest BCUT2D eigenvalue weighted by molar-refractivity contribution is 0.339. The quantitative estimate of drug-likeness (QED) is 0.773. The lowest BCUT2D eigenvalue weighted by atomic mass is 10.1. The van der Waals surface area contributed by atoms with E-state index < -0.39 is 0 Å². The third-order valence-electron chi connectivity index (χ3n) is 3.15. The Morgan fingerprint density at radius 1 is 1.31 bits per heavy atom. The zero-order valence-corrected chi connectivity index (χ0v) is 11.2. The monoisotopic (exact) mass is 224 g/mol. The summed E-state index contributed by atoms with van der Waals surface area (Å²) in [5, 5.41) is 7.60. The molecule has 0 amide bonds. The van der Waals surface area contributed by atoms with E-state index in [1.807, 2.05) is 18.8 Å². The average molecular weight is 224 g/mol. The highest BCUT2D eigenvalue weighted by Gasteiger charge is 2.09. The zero-order chi connectivity index (χ0) is 12.1. The first-order valence-electron chi connectivity index (χ1n) is 5.88. The van der Waals surface area contributed by atoms with Gasteiger partial charge in [-0.25, -0.2) is 0 Å². The molecule has 0 saturated carbocycles. The largest absolute Gasteiger partial charge is 0.318 e. The molecule has 0 radical (unpaired) electrons. The van der Waals surface area contributed by atoms with Crippen molar-refractivity contribution in [3.63, 3.8) is 0 Å². The Hall–Kier alpha value is -0.870. The highest BCUT2D eigenvalue weighted by Crippen LogP contribution is 2.12. The van der Waals surface area contributed by atoms with Gasteiger partial charge in [0.1, 0.15) is 0 Å². The van der Waals surface area contributed by atoms with Gasteiger partial charge in [-0.15, -0.1) is 0 Å². The molecule has 0 aliphatic rings. The Balaban J connectivity index is 2.48. The third-order valence-corrected chi connectivity index (χ3v) is 3.15. The van der Waals surface area contributed by atoms with Crippen LogP contribution in [-0.2, 0) is 13.5 Å². The van der Waals surface area contributed by atoms with Crippen LogP contribution >= 0.6 is 0 Å². The van der Waals surface area contributed by atoms with Gasteiger partial charge < -0.3 is 10.2 Å². The number of aromatic nitrogens is 2. The Bertz CT molecular complexity index is 330. The van der Waals surface area contributed by atoms with Gasteiger partial charge in [-0.3, -0.25) is 4.68 Å². The minimum absolute atomic E-state index is 1.04. The van der Waals surface area contributed by atoms with Crippen LogP contribution in [0.1, 0.15) is 17.0 Å². The maximum Gasteiger partial charge on any atom is 0.0628 e. The molecule has 0 aliphatic heterocycles. The fourth-order valence-electron chi connectivity index (χ4n) is 1.90. The Kier molecular flexibility index (Phi) is 4.96. The Morgan fingerprint density at radius 2 is 2.00 bits per heavy atom. The molecule has 1 aromatic rings. The van der Waals surface area contributed by atoms with Crippen molar-refractivity contribution in [3.8, 4) is 0 Å². The number of likely N-dealkylation sites (N-methyl/N-ethyl adjacent to an activating group) is 2. The van der Waals surface area contributed by atoms with Gasteiger partial charge in [-0.05, 0) is 39.9 Å². The van der Waals surface area contributed by atoms with E-state index in [0.717, 1.165) is 26.1 Å². The molecule has 92 valence electrons. The molecule has 0 spiro atoms. The minimum Gasteiger partial charge on any atom is -0.318 e. The first kappa shape index (κ1) is 13.2. The predicted molar refractivity (Wildman–Crippen MR) is 67.8 cm³/mol. The molecular formula is C12H24N4. The molecule has 1 N–H and O–H groups in total. The maximum absolute atomic E-state index is 4.44. The normalized spacial score (nSPS) is 11.4. The SMILES string of the molecule is CNCCN(C)CCc1c(C)nn(C)c1C. The van der Waals surface area contributed by atoms with Crippen molar-refractivity contribution in [2.45, 2.75) is 20.3 Å². The highest BCUT2D eigenvalue weighted by atomic mass is 15.3. The molecular weight excluding hydrogens is 200 g/mol. The average Bonchev–Trinajstić information content (AvgIpc) is 2.48. The molecule has 0 unspecified atom stereocenters. The predicted octanol–water partition coefficient (Wildman–Crippen LogP) is 0.731. The van der Waals surface area contributed by atoms with Crippen LogP contribution in [0.4, 0.5) is 0 Å². The molecule has 16 heavy (non-hydrogen) atoms. The smallest absolute Gasteiger partial charge is 0.0628 e. The number of aryl methyl sites for hydroxylation is 2. The van der Waals surface area contributed by atoms with E-state index in [1.54, 1.807) is 0 Å². The molecule has 1 heterocycles. The van der Waals surface area contributed by atoms with Gasteiger partial charge in [-0.1, -0.05) is 0 Å². The second-order valence-corrected chi connectivity index (χ2v) is 4.43. The second-order valence-electron chi connectivity index (χ2n) is 4.43. The van der Waals surface area contributed by atoms with Crippen molar-refractivity contribution in [1.82, 2.24) is 20.0 Å². The third kappa shape index (κ3) is 3.32. The standard InChI is InChI=1S/C12H24N4/c1-10-12(11(2)16(5)14-10)6-8-15(4)9-7-13-3/h13H,6-9H2,1-5H3. The number of nitrogens with zero attached hydrogens (tertiary/aromatic N) is 3. The number of hydrogen-bond acceptors (Lipinski definition) is 3. The van der Waals surface area contributed by atoms with Gasteiger partial charge in [0.15, 0.2) is 0 Å². The molecule has 0 aromatic carbocycles. The van der Waals surface area contributed by atoms with Crippen molar-refractivity contribution >= 4 is 0 Å². The zero-order valence-electron chi connectivity index (χ0n) is 11.2. The fourth-order valence-corrected chi connectivity index (χ4v) is 1.90. The van der Waals surface area contributed by atoms with Gasteiger partial charge in [0.05, 0.1) is 5.69 Å². The van der Waals surface area contributed by atoms with Crippen LogP contribution < -0.4 is 5.32 Å². The number of nitrogens with one attached hydrogen (secondary N) is 1. The van der Waals surface area contributed by atoms with E-state index in [2.05, 4.69) is 36.2 Å². The van der Waals surface area contributed by atoms with Crippen LogP contribution in [-0.4, -0.2) is 48.4 Å². The van der Waals surface area contributed by atoms with Gasteiger partial charge in [0, 0.05) is 32.4 Å². The molecule has 0 bridgehead atoms. The van der Waals surface area contributed by atoms with Crippen LogP contribution in [0.15, 0.2) is 0 Å². The van der Waals surface area contributed by atoms with Crippen molar-refractivity contribution in [2.75, 3.05) is 33.7 Å². The lowest BCUT2D eigenvalue weighted by Gasteiger charge is -2.16. The van der Waals surface area contributed by atoms with Crippen molar-refractivity contribution in [2.24, 2.45) is 7.05 Å². The van der Waals surface area contributed by atoms with Crippen molar-refractivity contribution in [3.05, 3.63) is 17.0 Å². The van der Waals surface area contributed by atoms with E-state index in [1.165, 1.54) is 17.0 Å².